The first kappa shape index (κ1) is 72.6. The number of ether oxygens (including phenoxy) is 1. The van der Waals surface area contributed by atoms with E-state index in [2.05, 4.69) is 19.2 Å². The molecule has 1 amide bonds. The Hall–Kier alpha value is -1.40. The van der Waals surface area contributed by atoms with E-state index in [1.165, 1.54) is 321 Å². The third-order valence-electron chi connectivity index (χ3n) is 16.1. The van der Waals surface area contributed by atoms with Gasteiger partial charge in [0.25, 0.3) is 0 Å². The number of carbonyl (C=O) groups excluding carboxylic acids is 2. The molecule has 74 heavy (non-hydrogen) atoms. The van der Waals surface area contributed by atoms with E-state index in [0.717, 1.165) is 38.5 Å². The van der Waals surface area contributed by atoms with Crippen molar-refractivity contribution in [1.82, 2.24) is 5.32 Å². The quantitative estimate of drug-likeness (QED) is 0.0320. The number of hydrogen-bond donors (Lipinski definition) is 3. The number of aliphatic hydroxyl groups is 2. The highest BCUT2D eigenvalue weighted by atomic mass is 16.5. The monoisotopic (exact) mass is 1040 g/mol. The van der Waals surface area contributed by atoms with Crippen LogP contribution in [0.4, 0.5) is 0 Å². The normalized spacial score (nSPS) is 12.5. The molecule has 0 bridgehead atoms. The van der Waals surface area contributed by atoms with Crippen molar-refractivity contribution in [1.29, 1.82) is 0 Å². The summed E-state index contributed by atoms with van der Waals surface area (Å²) in [5.41, 5.74) is 0. The third-order valence-corrected chi connectivity index (χ3v) is 16.1. The molecular formula is C68H133NO5. The molecule has 440 valence electrons. The molecule has 0 saturated carbocycles. The van der Waals surface area contributed by atoms with Crippen LogP contribution in [-0.4, -0.2) is 47.4 Å². The largest absolute Gasteiger partial charge is 0.466 e. The van der Waals surface area contributed by atoms with Gasteiger partial charge in [-0.3, -0.25) is 9.59 Å². The predicted molar refractivity (Wildman–Crippen MR) is 324 cm³/mol. The summed E-state index contributed by atoms with van der Waals surface area (Å²) in [5.74, 6) is -0.0410. The van der Waals surface area contributed by atoms with Gasteiger partial charge in [-0.05, 0) is 32.1 Å². The fourth-order valence-corrected chi connectivity index (χ4v) is 10.9. The summed E-state index contributed by atoms with van der Waals surface area (Å²) in [5, 5.41) is 23.0. The third kappa shape index (κ3) is 59.8. The highest BCUT2D eigenvalue weighted by Gasteiger charge is 2.18. The van der Waals surface area contributed by atoms with Gasteiger partial charge in [-0.1, -0.05) is 353 Å². The second kappa shape index (κ2) is 64.1. The van der Waals surface area contributed by atoms with Crippen molar-refractivity contribution in [3.8, 4) is 0 Å². The standard InChI is InChI=1S/C68H133NO5/c1-3-5-7-9-11-13-15-16-17-18-29-33-36-39-42-46-50-54-58-62-68(73)74-63-59-55-51-47-43-40-37-34-31-28-26-24-22-20-19-21-23-25-27-30-32-35-38-41-45-49-53-57-61-67(72)69-65(64-70)66(71)60-56-52-48-44-14-12-10-8-6-4-2/h56,60,65-66,70-71H,3-55,57-59,61-64H2,1-2H3,(H,69,72)/b60-56+. The van der Waals surface area contributed by atoms with Gasteiger partial charge in [0.2, 0.25) is 5.91 Å². The van der Waals surface area contributed by atoms with Crippen molar-refractivity contribution in [3.05, 3.63) is 12.2 Å². The lowest BCUT2D eigenvalue weighted by Crippen LogP contribution is -2.45. The molecule has 6 nitrogen and oxygen atoms in total. The summed E-state index contributed by atoms with van der Waals surface area (Å²) in [6.45, 7) is 4.92. The van der Waals surface area contributed by atoms with Crippen LogP contribution in [0, 0.1) is 0 Å². The molecule has 2 unspecified atom stereocenters. The van der Waals surface area contributed by atoms with E-state index >= 15 is 0 Å². The Morgan fingerprint density at radius 3 is 0.919 bits per heavy atom. The molecule has 0 fully saturated rings. The first-order valence-electron chi connectivity index (χ1n) is 34.0. The SMILES string of the molecule is CCCCCCCCCC/C=C/C(O)C(CO)NC(=O)CCCCCCCCCCCCCCCCCCCCCCCCCCCCCCOC(=O)CCCCCCCCCCCCCCCCCCCCC. The lowest BCUT2D eigenvalue weighted by atomic mass is 10.0. The van der Waals surface area contributed by atoms with E-state index in [9.17, 15) is 19.8 Å². The van der Waals surface area contributed by atoms with Gasteiger partial charge in [0, 0.05) is 12.8 Å². The maximum Gasteiger partial charge on any atom is 0.305 e. The number of hydrogen-bond acceptors (Lipinski definition) is 5. The molecular weight excluding hydrogens is 911 g/mol. The highest BCUT2D eigenvalue weighted by molar-refractivity contribution is 5.76. The number of carbonyl (C=O) groups is 2. The number of unbranched alkanes of at least 4 members (excludes halogenated alkanes) is 53. The van der Waals surface area contributed by atoms with Gasteiger partial charge in [-0.25, -0.2) is 0 Å². The second-order valence-electron chi connectivity index (χ2n) is 23.5. The molecule has 0 aliphatic carbocycles. The molecule has 0 aromatic heterocycles. The smallest absolute Gasteiger partial charge is 0.305 e. The van der Waals surface area contributed by atoms with Crippen LogP contribution in [0.1, 0.15) is 386 Å². The molecule has 0 spiro atoms. The molecule has 0 aromatic carbocycles. The highest BCUT2D eigenvalue weighted by Crippen LogP contribution is 2.19. The zero-order valence-electron chi connectivity index (χ0n) is 50.4. The number of nitrogens with one attached hydrogen (secondary N) is 1. The average Bonchev–Trinajstić information content (AvgIpc) is 3.40. The fraction of sp³-hybridized carbons (Fsp3) is 0.941. The van der Waals surface area contributed by atoms with Crippen molar-refractivity contribution < 1.29 is 24.5 Å². The second-order valence-corrected chi connectivity index (χ2v) is 23.5. The van der Waals surface area contributed by atoms with E-state index in [4.69, 9.17) is 4.74 Å². The Morgan fingerprint density at radius 1 is 0.365 bits per heavy atom. The molecule has 0 radical (unpaired) electrons. The summed E-state index contributed by atoms with van der Waals surface area (Å²) < 4.78 is 5.51. The first-order valence-corrected chi connectivity index (χ1v) is 34.0. The molecule has 2 atom stereocenters. The van der Waals surface area contributed by atoms with Gasteiger partial charge in [-0.2, -0.15) is 0 Å². The van der Waals surface area contributed by atoms with E-state index in [1.807, 2.05) is 6.08 Å². The Kier molecular flexibility index (Phi) is 62.9. The minimum absolute atomic E-state index is 0.0239. The van der Waals surface area contributed by atoms with Crippen molar-refractivity contribution >= 4 is 11.9 Å². The van der Waals surface area contributed by atoms with Gasteiger partial charge >= 0.3 is 5.97 Å². The van der Waals surface area contributed by atoms with Crippen molar-refractivity contribution in [2.24, 2.45) is 0 Å². The lowest BCUT2D eigenvalue weighted by molar-refractivity contribution is -0.143. The fourth-order valence-electron chi connectivity index (χ4n) is 10.9. The zero-order valence-corrected chi connectivity index (χ0v) is 50.4. The number of allylic oxidation sites excluding steroid dienone is 1. The van der Waals surface area contributed by atoms with Gasteiger partial charge in [0.05, 0.1) is 25.4 Å². The number of esters is 1. The average molecular weight is 1040 g/mol. The van der Waals surface area contributed by atoms with Gasteiger partial charge in [0.1, 0.15) is 0 Å². The number of rotatable bonds is 64. The van der Waals surface area contributed by atoms with Crippen molar-refractivity contribution in [2.75, 3.05) is 13.2 Å². The Labute approximate surface area is 463 Å². The van der Waals surface area contributed by atoms with E-state index in [-0.39, 0.29) is 18.5 Å². The minimum atomic E-state index is -0.839. The topological polar surface area (TPSA) is 95.9 Å². The lowest BCUT2D eigenvalue weighted by Gasteiger charge is -2.20. The summed E-state index contributed by atoms with van der Waals surface area (Å²) in [6.07, 6.45) is 78.7. The van der Waals surface area contributed by atoms with E-state index < -0.39 is 12.1 Å². The summed E-state index contributed by atoms with van der Waals surface area (Å²) >= 11 is 0. The first-order chi connectivity index (χ1) is 36.5. The van der Waals surface area contributed by atoms with Crippen LogP contribution in [0.25, 0.3) is 0 Å². The van der Waals surface area contributed by atoms with E-state index in [1.54, 1.807) is 6.08 Å². The van der Waals surface area contributed by atoms with Crippen LogP contribution in [0.15, 0.2) is 12.2 Å². The van der Waals surface area contributed by atoms with Gasteiger partial charge in [-0.15, -0.1) is 0 Å². The van der Waals surface area contributed by atoms with Gasteiger partial charge < -0.3 is 20.3 Å². The summed E-state index contributed by atoms with van der Waals surface area (Å²) in [4.78, 5) is 24.5. The predicted octanol–water partition coefficient (Wildman–Crippen LogP) is 21.6. The van der Waals surface area contributed by atoms with Crippen molar-refractivity contribution in [2.45, 2.75) is 398 Å². The molecule has 3 N–H and O–H groups in total. The molecule has 0 aromatic rings. The Morgan fingerprint density at radius 2 is 0.622 bits per heavy atom. The maximum absolute atomic E-state index is 12.4. The Bertz CT molecular complexity index is 1110. The van der Waals surface area contributed by atoms with Crippen LogP contribution in [0.3, 0.4) is 0 Å². The molecule has 0 aliphatic heterocycles. The molecule has 0 saturated heterocycles. The van der Waals surface area contributed by atoms with E-state index in [0.29, 0.717) is 19.4 Å². The van der Waals surface area contributed by atoms with Crippen LogP contribution in [0.5, 0.6) is 0 Å². The molecule has 0 heterocycles. The number of aliphatic hydroxyl groups excluding tert-OH is 2. The number of amides is 1. The molecule has 6 heteroatoms. The van der Waals surface area contributed by atoms with Crippen LogP contribution < -0.4 is 5.32 Å². The molecule has 0 rings (SSSR count). The summed E-state index contributed by atoms with van der Waals surface area (Å²) in [7, 11) is 0. The minimum Gasteiger partial charge on any atom is -0.466 e. The maximum atomic E-state index is 12.4. The van der Waals surface area contributed by atoms with Crippen LogP contribution >= 0.6 is 0 Å². The van der Waals surface area contributed by atoms with Crippen LogP contribution in [-0.2, 0) is 14.3 Å². The van der Waals surface area contributed by atoms with Gasteiger partial charge in [0.15, 0.2) is 0 Å². The summed E-state index contributed by atoms with van der Waals surface area (Å²) in [6, 6.07) is -0.623. The molecule has 0 aliphatic rings. The van der Waals surface area contributed by atoms with Crippen molar-refractivity contribution in [3.63, 3.8) is 0 Å². The Balaban J connectivity index is 3.30. The zero-order chi connectivity index (χ0) is 53.6. The van der Waals surface area contributed by atoms with Crippen LogP contribution in [0.2, 0.25) is 0 Å².